The number of anilines is 1. The van der Waals surface area contributed by atoms with Crippen molar-refractivity contribution >= 4 is 5.69 Å². The van der Waals surface area contributed by atoms with E-state index in [1.165, 1.54) is 0 Å². The van der Waals surface area contributed by atoms with Crippen molar-refractivity contribution in [1.82, 2.24) is 0 Å². The van der Waals surface area contributed by atoms with E-state index in [1.807, 2.05) is 18.2 Å². The molecule has 2 rings (SSSR count). The van der Waals surface area contributed by atoms with Crippen LogP contribution in [-0.4, -0.2) is 25.3 Å². The Kier molecular flexibility index (Phi) is 3.85. The third-order valence-electron chi connectivity index (χ3n) is 3.18. The minimum Gasteiger partial charge on any atom is -0.372 e. The normalized spacial score (nSPS) is 23.8. The Morgan fingerprint density at radius 3 is 2.61 bits per heavy atom. The number of rotatable bonds is 2. The fourth-order valence-corrected chi connectivity index (χ4v) is 2.45. The Labute approximate surface area is 108 Å². The molecule has 4 nitrogen and oxygen atoms in total. The number of ether oxygens (including phenoxy) is 1. The first kappa shape index (κ1) is 12.9. The zero-order valence-corrected chi connectivity index (χ0v) is 10.9. The summed E-state index contributed by atoms with van der Waals surface area (Å²) in [6, 6.07) is 8.11. The molecule has 0 radical (unpaired) electrons. The predicted octanol–water partition coefficient (Wildman–Crippen LogP) is 1.63. The molecule has 0 saturated carbocycles. The van der Waals surface area contributed by atoms with Gasteiger partial charge in [-0.2, -0.15) is 5.26 Å². The summed E-state index contributed by atoms with van der Waals surface area (Å²) in [4.78, 5) is 2.22. The highest BCUT2D eigenvalue weighted by Crippen LogP contribution is 2.25. The second-order valence-corrected chi connectivity index (χ2v) is 4.83. The van der Waals surface area contributed by atoms with Gasteiger partial charge in [0.15, 0.2) is 0 Å². The van der Waals surface area contributed by atoms with E-state index in [2.05, 4.69) is 24.8 Å². The first-order valence-electron chi connectivity index (χ1n) is 6.27. The van der Waals surface area contributed by atoms with E-state index in [1.54, 1.807) is 0 Å². The maximum absolute atomic E-state index is 9.25. The number of benzene rings is 1. The fourth-order valence-electron chi connectivity index (χ4n) is 2.45. The first-order chi connectivity index (χ1) is 8.63. The molecular formula is C14H19N3O. The highest BCUT2D eigenvalue weighted by atomic mass is 16.5. The summed E-state index contributed by atoms with van der Waals surface area (Å²) in [7, 11) is 0. The van der Waals surface area contributed by atoms with E-state index in [9.17, 15) is 5.26 Å². The number of nitrogens with two attached hydrogens (primary N) is 1. The van der Waals surface area contributed by atoms with Gasteiger partial charge in [0.2, 0.25) is 0 Å². The summed E-state index contributed by atoms with van der Waals surface area (Å²) in [5, 5.41) is 9.25. The van der Waals surface area contributed by atoms with Crippen molar-refractivity contribution in [2.24, 2.45) is 5.73 Å². The average Bonchev–Trinajstić information content (AvgIpc) is 2.36. The molecule has 0 bridgehead atoms. The molecular weight excluding hydrogens is 226 g/mol. The third-order valence-corrected chi connectivity index (χ3v) is 3.18. The van der Waals surface area contributed by atoms with Crippen LogP contribution >= 0.6 is 0 Å². The largest absolute Gasteiger partial charge is 0.372 e. The predicted molar refractivity (Wildman–Crippen MR) is 71.3 cm³/mol. The summed E-state index contributed by atoms with van der Waals surface area (Å²) in [6.45, 7) is 6.22. The molecule has 1 heterocycles. The van der Waals surface area contributed by atoms with E-state index in [0.717, 1.165) is 24.3 Å². The van der Waals surface area contributed by atoms with E-state index in [4.69, 9.17) is 10.5 Å². The highest BCUT2D eigenvalue weighted by Gasteiger charge is 2.23. The van der Waals surface area contributed by atoms with E-state index < -0.39 is 0 Å². The minimum atomic E-state index is 0.189. The molecule has 96 valence electrons. The molecule has 1 aliphatic heterocycles. The van der Waals surface area contributed by atoms with Crippen LogP contribution in [0, 0.1) is 11.3 Å². The summed E-state index contributed by atoms with van der Waals surface area (Å²) in [5.41, 5.74) is 8.27. The Morgan fingerprint density at radius 2 is 2.06 bits per heavy atom. The van der Waals surface area contributed by atoms with Crippen LogP contribution in [0.1, 0.15) is 25.0 Å². The molecule has 18 heavy (non-hydrogen) atoms. The molecule has 0 spiro atoms. The van der Waals surface area contributed by atoms with Crippen molar-refractivity contribution in [3.63, 3.8) is 0 Å². The minimum absolute atomic E-state index is 0.189. The maximum atomic E-state index is 9.25. The van der Waals surface area contributed by atoms with E-state index in [0.29, 0.717) is 12.1 Å². The fraction of sp³-hybridized carbons (Fsp3) is 0.500. The van der Waals surface area contributed by atoms with Crippen LogP contribution in [0.4, 0.5) is 5.69 Å². The summed E-state index contributed by atoms with van der Waals surface area (Å²) in [6.07, 6.45) is 0.379. The molecule has 0 aliphatic carbocycles. The highest BCUT2D eigenvalue weighted by molar-refractivity contribution is 5.60. The molecule has 0 aromatic heterocycles. The van der Waals surface area contributed by atoms with Crippen molar-refractivity contribution in [3.05, 3.63) is 29.3 Å². The quantitative estimate of drug-likeness (QED) is 0.860. The van der Waals surface area contributed by atoms with Gasteiger partial charge in [-0.15, -0.1) is 0 Å². The number of hydrogen-bond acceptors (Lipinski definition) is 4. The molecule has 2 atom stereocenters. The lowest BCUT2D eigenvalue weighted by Gasteiger charge is -2.37. The topological polar surface area (TPSA) is 62.3 Å². The Bertz CT molecular complexity index is 457. The van der Waals surface area contributed by atoms with Crippen LogP contribution in [0.5, 0.6) is 0 Å². The summed E-state index contributed by atoms with van der Waals surface area (Å²) < 4.78 is 5.71. The van der Waals surface area contributed by atoms with Crippen LogP contribution in [0.25, 0.3) is 0 Å². The van der Waals surface area contributed by atoms with Crippen LogP contribution in [-0.2, 0) is 11.3 Å². The van der Waals surface area contributed by atoms with Crippen LogP contribution in [0.3, 0.4) is 0 Å². The van der Waals surface area contributed by atoms with Crippen molar-refractivity contribution in [1.29, 1.82) is 5.26 Å². The Morgan fingerprint density at radius 1 is 1.39 bits per heavy atom. The smallest absolute Gasteiger partial charge is 0.101 e. The molecule has 1 saturated heterocycles. The van der Waals surface area contributed by atoms with Gasteiger partial charge in [0.1, 0.15) is 6.07 Å². The molecule has 1 aromatic carbocycles. The number of nitriles is 1. The van der Waals surface area contributed by atoms with Crippen molar-refractivity contribution in [3.8, 4) is 6.07 Å². The van der Waals surface area contributed by atoms with Crippen molar-refractivity contribution in [2.75, 3.05) is 18.0 Å². The number of nitrogens with zero attached hydrogens (tertiary/aromatic N) is 2. The van der Waals surface area contributed by atoms with Gasteiger partial charge < -0.3 is 15.4 Å². The molecule has 1 aliphatic rings. The van der Waals surface area contributed by atoms with E-state index >= 15 is 0 Å². The zero-order chi connectivity index (χ0) is 13.1. The Balaban J connectivity index is 2.30. The van der Waals surface area contributed by atoms with Gasteiger partial charge in [-0.05, 0) is 31.5 Å². The second-order valence-electron chi connectivity index (χ2n) is 4.83. The lowest BCUT2D eigenvalue weighted by atomic mass is 10.1. The SMILES string of the molecule is C[C@@H]1CN(c2ccc(CN)cc2C#N)C[C@H](C)O1. The lowest BCUT2D eigenvalue weighted by molar-refractivity contribution is -0.00522. The zero-order valence-electron chi connectivity index (χ0n) is 10.9. The van der Waals surface area contributed by atoms with Crippen LogP contribution in [0.2, 0.25) is 0 Å². The van der Waals surface area contributed by atoms with Gasteiger partial charge in [0.05, 0.1) is 23.5 Å². The second kappa shape index (κ2) is 5.38. The van der Waals surface area contributed by atoms with Crippen molar-refractivity contribution in [2.45, 2.75) is 32.6 Å². The molecule has 1 aromatic rings. The third kappa shape index (κ3) is 2.63. The van der Waals surface area contributed by atoms with Gasteiger partial charge in [0.25, 0.3) is 0 Å². The molecule has 4 heteroatoms. The van der Waals surface area contributed by atoms with Gasteiger partial charge in [0, 0.05) is 19.6 Å². The summed E-state index contributed by atoms with van der Waals surface area (Å²) >= 11 is 0. The lowest BCUT2D eigenvalue weighted by Crippen LogP contribution is -2.45. The molecule has 2 N–H and O–H groups in total. The van der Waals surface area contributed by atoms with Crippen molar-refractivity contribution < 1.29 is 4.74 Å². The average molecular weight is 245 g/mol. The van der Waals surface area contributed by atoms with Gasteiger partial charge in [-0.1, -0.05) is 6.07 Å². The summed E-state index contributed by atoms with van der Waals surface area (Å²) in [5.74, 6) is 0. The monoisotopic (exact) mass is 245 g/mol. The van der Waals surface area contributed by atoms with Gasteiger partial charge in [-0.25, -0.2) is 0 Å². The molecule has 0 amide bonds. The first-order valence-corrected chi connectivity index (χ1v) is 6.27. The molecule has 0 unspecified atom stereocenters. The Hall–Kier alpha value is -1.57. The number of hydrogen-bond donors (Lipinski definition) is 1. The van der Waals surface area contributed by atoms with Crippen LogP contribution < -0.4 is 10.6 Å². The number of morpholine rings is 1. The maximum Gasteiger partial charge on any atom is 0.101 e. The van der Waals surface area contributed by atoms with Gasteiger partial charge >= 0.3 is 0 Å². The van der Waals surface area contributed by atoms with Crippen LogP contribution in [0.15, 0.2) is 18.2 Å². The van der Waals surface area contributed by atoms with Gasteiger partial charge in [-0.3, -0.25) is 0 Å². The molecule has 1 fully saturated rings. The van der Waals surface area contributed by atoms with E-state index in [-0.39, 0.29) is 12.2 Å². The standard InChI is InChI=1S/C14H19N3O/c1-10-8-17(9-11(2)18-10)14-4-3-12(6-15)5-13(14)7-16/h3-5,10-11H,6,8-9,15H2,1-2H3/t10-,11+.